The van der Waals surface area contributed by atoms with Crippen LogP contribution in [0, 0.1) is 0 Å². The molecule has 4 nitrogen and oxygen atoms in total. The minimum absolute atomic E-state index is 0.547. The Balaban J connectivity index is 2.31. The smallest absolute Gasteiger partial charge is 0.170 e. The van der Waals surface area contributed by atoms with Crippen LogP contribution < -0.4 is 0 Å². The third-order valence-corrected chi connectivity index (χ3v) is 2.34. The second kappa shape index (κ2) is 3.30. The summed E-state index contributed by atoms with van der Waals surface area (Å²) in [6, 6.07) is 1.87. The van der Waals surface area contributed by atoms with Crippen LogP contribution in [0.2, 0.25) is 0 Å². The SMILES string of the molecule is CN1CCCn2nc(C=O)cc2C1. The van der Waals surface area contributed by atoms with E-state index >= 15 is 0 Å². The average molecular weight is 179 g/mol. The molecule has 0 fully saturated rings. The van der Waals surface area contributed by atoms with E-state index < -0.39 is 0 Å². The molecule has 1 aliphatic heterocycles. The highest BCUT2D eigenvalue weighted by molar-refractivity contribution is 5.71. The van der Waals surface area contributed by atoms with Crippen molar-refractivity contribution in [3.05, 3.63) is 17.5 Å². The molecule has 0 saturated carbocycles. The fourth-order valence-corrected chi connectivity index (χ4v) is 1.70. The molecule has 0 bridgehead atoms. The molecule has 1 aliphatic rings. The van der Waals surface area contributed by atoms with Crippen LogP contribution in [-0.2, 0) is 13.1 Å². The maximum Gasteiger partial charge on any atom is 0.170 e. The number of carbonyl (C=O) groups excluding carboxylic acids is 1. The summed E-state index contributed by atoms with van der Waals surface area (Å²) in [6.45, 7) is 2.91. The zero-order chi connectivity index (χ0) is 9.26. The highest BCUT2D eigenvalue weighted by Gasteiger charge is 2.13. The van der Waals surface area contributed by atoms with Gasteiger partial charge in [-0.15, -0.1) is 0 Å². The zero-order valence-electron chi connectivity index (χ0n) is 7.73. The second-order valence-electron chi connectivity index (χ2n) is 3.49. The number of rotatable bonds is 1. The summed E-state index contributed by atoms with van der Waals surface area (Å²) in [4.78, 5) is 12.7. The lowest BCUT2D eigenvalue weighted by molar-refractivity contribution is 0.111. The standard InChI is InChI=1S/C9H13N3O/c1-11-3-2-4-12-9(6-11)5-8(7-13)10-12/h5,7H,2-4,6H2,1H3. The van der Waals surface area contributed by atoms with E-state index in [1.165, 1.54) is 0 Å². The van der Waals surface area contributed by atoms with Gasteiger partial charge in [-0.1, -0.05) is 0 Å². The van der Waals surface area contributed by atoms with Crippen LogP contribution in [0.25, 0.3) is 0 Å². The zero-order valence-corrected chi connectivity index (χ0v) is 7.73. The van der Waals surface area contributed by atoms with E-state index in [1.54, 1.807) is 0 Å². The predicted molar refractivity (Wildman–Crippen MR) is 48.6 cm³/mol. The van der Waals surface area contributed by atoms with E-state index in [9.17, 15) is 4.79 Å². The van der Waals surface area contributed by atoms with Crippen LogP contribution in [0.4, 0.5) is 0 Å². The Bertz CT molecular complexity index is 319. The van der Waals surface area contributed by atoms with Gasteiger partial charge in [-0.25, -0.2) is 0 Å². The Labute approximate surface area is 77.1 Å². The quantitative estimate of drug-likeness (QED) is 0.590. The summed E-state index contributed by atoms with van der Waals surface area (Å²) in [5, 5.41) is 4.19. The third-order valence-electron chi connectivity index (χ3n) is 2.34. The van der Waals surface area contributed by atoms with Crippen LogP contribution in [0.15, 0.2) is 6.07 Å². The highest BCUT2D eigenvalue weighted by atomic mass is 16.1. The molecule has 0 aromatic carbocycles. The van der Waals surface area contributed by atoms with E-state index in [4.69, 9.17) is 0 Å². The molecule has 0 aliphatic carbocycles. The Hall–Kier alpha value is -1.16. The first-order valence-electron chi connectivity index (χ1n) is 4.50. The number of aldehydes is 1. The molecule has 0 amide bonds. The molecule has 1 aromatic heterocycles. The molecule has 2 rings (SSSR count). The summed E-state index contributed by atoms with van der Waals surface area (Å²) in [5.74, 6) is 0. The molecule has 0 N–H and O–H groups in total. The van der Waals surface area contributed by atoms with Crippen LogP contribution in [0.5, 0.6) is 0 Å². The number of hydrogen-bond acceptors (Lipinski definition) is 3. The summed E-state index contributed by atoms with van der Waals surface area (Å²) >= 11 is 0. The molecule has 70 valence electrons. The predicted octanol–water partition coefficient (Wildman–Crippen LogP) is 0.531. The van der Waals surface area contributed by atoms with E-state index in [0.717, 1.165) is 38.0 Å². The largest absolute Gasteiger partial charge is 0.300 e. The van der Waals surface area contributed by atoms with Crippen molar-refractivity contribution in [2.24, 2.45) is 0 Å². The lowest BCUT2D eigenvalue weighted by atomic mass is 10.3. The Morgan fingerprint density at radius 3 is 3.15 bits per heavy atom. The van der Waals surface area contributed by atoms with Crippen molar-refractivity contribution in [3.8, 4) is 0 Å². The van der Waals surface area contributed by atoms with Gasteiger partial charge in [0.1, 0.15) is 5.69 Å². The van der Waals surface area contributed by atoms with Crippen LogP contribution >= 0.6 is 0 Å². The van der Waals surface area contributed by atoms with Gasteiger partial charge in [-0.3, -0.25) is 9.48 Å². The molecule has 0 unspecified atom stereocenters. The monoisotopic (exact) mass is 179 g/mol. The highest BCUT2D eigenvalue weighted by Crippen LogP contribution is 2.11. The maximum atomic E-state index is 10.5. The first kappa shape index (κ1) is 8.44. The Morgan fingerprint density at radius 1 is 1.54 bits per heavy atom. The van der Waals surface area contributed by atoms with Crippen molar-refractivity contribution in [2.75, 3.05) is 13.6 Å². The van der Waals surface area contributed by atoms with E-state index in [1.807, 2.05) is 10.7 Å². The van der Waals surface area contributed by atoms with Crippen LogP contribution in [0.1, 0.15) is 22.6 Å². The van der Waals surface area contributed by atoms with Gasteiger partial charge in [0.15, 0.2) is 6.29 Å². The van der Waals surface area contributed by atoms with Crippen molar-refractivity contribution in [1.29, 1.82) is 0 Å². The van der Waals surface area contributed by atoms with Gasteiger partial charge >= 0.3 is 0 Å². The van der Waals surface area contributed by atoms with Crippen molar-refractivity contribution in [2.45, 2.75) is 19.5 Å². The van der Waals surface area contributed by atoms with E-state index in [0.29, 0.717) is 5.69 Å². The summed E-state index contributed by atoms with van der Waals surface area (Å²) in [5.41, 5.74) is 1.69. The summed E-state index contributed by atoms with van der Waals surface area (Å²) in [6.07, 6.45) is 1.91. The topological polar surface area (TPSA) is 38.1 Å². The first-order chi connectivity index (χ1) is 6.29. The number of carbonyl (C=O) groups is 1. The summed E-state index contributed by atoms with van der Waals surface area (Å²) in [7, 11) is 2.09. The summed E-state index contributed by atoms with van der Waals surface area (Å²) < 4.78 is 1.94. The molecular formula is C9H13N3O. The fraction of sp³-hybridized carbons (Fsp3) is 0.556. The molecule has 0 radical (unpaired) electrons. The second-order valence-corrected chi connectivity index (χ2v) is 3.49. The minimum atomic E-state index is 0.547. The van der Waals surface area contributed by atoms with Crippen molar-refractivity contribution in [1.82, 2.24) is 14.7 Å². The molecule has 2 heterocycles. The number of fused-ring (bicyclic) bond motifs is 1. The normalized spacial score (nSPS) is 17.9. The van der Waals surface area contributed by atoms with Gasteiger partial charge in [-0.05, 0) is 19.5 Å². The molecule has 0 atom stereocenters. The lowest BCUT2D eigenvalue weighted by Gasteiger charge is -2.10. The van der Waals surface area contributed by atoms with E-state index in [-0.39, 0.29) is 0 Å². The van der Waals surface area contributed by atoms with E-state index in [2.05, 4.69) is 17.0 Å². The third kappa shape index (κ3) is 1.62. The molecule has 0 spiro atoms. The minimum Gasteiger partial charge on any atom is -0.300 e. The Kier molecular flexibility index (Phi) is 2.14. The number of aromatic nitrogens is 2. The van der Waals surface area contributed by atoms with Gasteiger partial charge in [0.2, 0.25) is 0 Å². The van der Waals surface area contributed by atoms with Crippen molar-refractivity contribution < 1.29 is 4.79 Å². The average Bonchev–Trinajstić information content (AvgIpc) is 2.41. The van der Waals surface area contributed by atoms with Gasteiger partial charge < -0.3 is 4.90 Å². The molecule has 1 aromatic rings. The van der Waals surface area contributed by atoms with Gasteiger partial charge in [-0.2, -0.15) is 5.10 Å². The number of hydrogen-bond donors (Lipinski definition) is 0. The fourth-order valence-electron chi connectivity index (χ4n) is 1.70. The molecule has 13 heavy (non-hydrogen) atoms. The molecule has 0 saturated heterocycles. The van der Waals surface area contributed by atoms with Gasteiger partial charge in [0.05, 0.1) is 5.69 Å². The van der Waals surface area contributed by atoms with Crippen molar-refractivity contribution in [3.63, 3.8) is 0 Å². The maximum absolute atomic E-state index is 10.5. The van der Waals surface area contributed by atoms with Crippen molar-refractivity contribution >= 4 is 6.29 Å². The van der Waals surface area contributed by atoms with Crippen LogP contribution in [-0.4, -0.2) is 34.6 Å². The number of nitrogens with zero attached hydrogens (tertiary/aromatic N) is 3. The van der Waals surface area contributed by atoms with Crippen LogP contribution in [0.3, 0.4) is 0 Å². The first-order valence-corrected chi connectivity index (χ1v) is 4.50. The Morgan fingerprint density at radius 2 is 2.38 bits per heavy atom. The van der Waals surface area contributed by atoms with Gasteiger partial charge in [0, 0.05) is 19.6 Å². The molecule has 4 heteroatoms. The lowest BCUT2D eigenvalue weighted by Crippen LogP contribution is -2.16. The molecular weight excluding hydrogens is 166 g/mol. The number of aryl methyl sites for hydroxylation is 1. The van der Waals surface area contributed by atoms with Gasteiger partial charge in [0.25, 0.3) is 0 Å².